The second-order valence-corrected chi connectivity index (χ2v) is 2.96. The van der Waals surface area contributed by atoms with Crippen LogP contribution in [0.15, 0.2) is 12.7 Å². The summed E-state index contributed by atoms with van der Waals surface area (Å²) in [6.07, 6.45) is 2.71. The lowest BCUT2D eigenvalue weighted by atomic mass is 10.1. The van der Waals surface area contributed by atoms with Gasteiger partial charge in [-0.15, -0.1) is 6.58 Å². The minimum Gasteiger partial charge on any atom is -0.469 e. The molecule has 0 spiro atoms. The summed E-state index contributed by atoms with van der Waals surface area (Å²) in [7, 11) is 1.42. The van der Waals surface area contributed by atoms with Crippen molar-refractivity contribution in [1.82, 2.24) is 0 Å². The molecule has 10 heavy (non-hydrogen) atoms. The van der Waals surface area contributed by atoms with E-state index in [0.29, 0.717) is 5.92 Å². The lowest BCUT2D eigenvalue weighted by Gasteiger charge is -2.04. The van der Waals surface area contributed by atoms with Crippen LogP contribution >= 0.6 is 0 Å². The number of hydrogen-bond acceptors (Lipinski definition) is 2. The molecule has 2 nitrogen and oxygen atoms in total. The van der Waals surface area contributed by atoms with Crippen molar-refractivity contribution in [2.75, 3.05) is 7.11 Å². The Morgan fingerprint density at radius 2 is 2.50 bits per heavy atom. The number of hydrogen-bond donors (Lipinski definition) is 0. The molecule has 0 N–H and O–H groups in total. The van der Waals surface area contributed by atoms with Crippen molar-refractivity contribution in [3.8, 4) is 0 Å². The predicted molar refractivity (Wildman–Crippen MR) is 38.4 cm³/mol. The first-order valence-corrected chi connectivity index (χ1v) is 3.36. The zero-order valence-electron chi connectivity index (χ0n) is 6.39. The third kappa shape index (κ3) is 0.838. The molecule has 1 unspecified atom stereocenters. The maximum Gasteiger partial charge on any atom is 0.312 e. The molecule has 1 fully saturated rings. The molecule has 1 rings (SSSR count). The summed E-state index contributed by atoms with van der Waals surface area (Å²) in [4.78, 5) is 11.0. The monoisotopic (exact) mass is 140 g/mol. The van der Waals surface area contributed by atoms with Gasteiger partial charge >= 0.3 is 5.97 Å². The molecule has 0 aromatic rings. The summed E-state index contributed by atoms with van der Waals surface area (Å²) in [6, 6.07) is 0. The molecule has 1 aliphatic carbocycles. The van der Waals surface area contributed by atoms with Gasteiger partial charge < -0.3 is 4.74 Å². The van der Waals surface area contributed by atoms with Crippen LogP contribution in [0.3, 0.4) is 0 Å². The number of esters is 1. The largest absolute Gasteiger partial charge is 0.469 e. The molecule has 0 aliphatic heterocycles. The van der Waals surface area contributed by atoms with Crippen molar-refractivity contribution in [1.29, 1.82) is 0 Å². The fraction of sp³-hybridized carbons (Fsp3) is 0.625. The third-order valence-electron chi connectivity index (χ3n) is 2.24. The van der Waals surface area contributed by atoms with Gasteiger partial charge in [-0.3, -0.25) is 4.79 Å². The molecule has 56 valence electrons. The molecule has 0 heterocycles. The first-order valence-electron chi connectivity index (χ1n) is 3.36. The van der Waals surface area contributed by atoms with Gasteiger partial charge in [0, 0.05) is 0 Å². The topological polar surface area (TPSA) is 26.3 Å². The van der Waals surface area contributed by atoms with Crippen molar-refractivity contribution in [3.05, 3.63) is 12.7 Å². The van der Waals surface area contributed by atoms with Crippen LogP contribution in [-0.4, -0.2) is 13.1 Å². The summed E-state index contributed by atoms with van der Waals surface area (Å²) in [5, 5.41) is 0. The van der Waals surface area contributed by atoms with E-state index in [2.05, 4.69) is 11.3 Å². The highest BCUT2D eigenvalue weighted by Crippen LogP contribution is 2.53. The Kier molecular flexibility index (Phi) is 1.55. The van der Waals surface area contributed by atoms with Crippen LogP contribution < -0.4 is 0 Å². The van der Waals surface area contributed by atoms with E-state index in [1.807, 2.05) is 13.0 Å². The second kappa shape index (κ2) is 2.11. The van der Waals surface area contributed by atoms with Crippen LogP contribution in [0.2, 0.25) is 0 Å². The Hall–Kier alpha value is -0.790. The predicted octanol–water partition coefficient (Wildman–Crippen LogP) is 1.37. The number of allylic oxidation sites excluding steroid dienone is 1. The highest BCUT2D eigenvalue weighted by atomic mass is 16.5. The number of rotatable bonds is 2. The van der Waals surface area contributed by atoms with E-state index in [-0.39, 0.29) is 11.4 Å². The van der Waals surface area contributed by atoms with Gasteiger partial charge in [0.25, 0.3) is 0 Å². The van der Waals surface area contributed by atoms with E-state index >= 15 is 0 Å². The quantitative estimate of drug-likeness (QED) is 0.427. The molecule has 0 saturated heterocycles. The first kappa shape index (κ1) is 7.32. The Morgan fingerprint density at radius 3 is 2.80 bits per heavy atom. The highest BCUT2D eigenvalue weighted by Gasteiger charge is 2.55. The molecule has 0 amide bonds. The van der Waals surface area contributed by atoms with E-state index in [1.165, 1.54) is 7.11 Å². The first-order chi connectivity index (χ1) is 4.65. The van der Waals surface area contributed by atoms with Crippen molar-refractivity contribution in [3.63, 3.8) is 0 Å². The van der Waals surface area contributed by atoms with E-state index in [4.69, 9.17) is 0 Å². The summed E-state index contributed by atoms with van der Waals surface area (Å²) < 4.78 is 4.62. The third-order valence-corrected chi connectivity index (χ3v) is 2.24. The van der Waals surface area contributed by atoms with Crippen LogP contribution in [0.5, 0.6) is 0 Å². The Morgan fingerprint density at radius 1 is 1.90 bits per heavy atom. The van der Waals surface area contributed by atoms with Crippen LogP contribution in [-0.2, 0) is 9.53 Å². The van der Waals surface area contributed by atoms with Gasteiger partial charge in [-0.2, -0.15) is 0 Å². The van der Waals surface area contributed by atoms with Crippen molar-refractivity contribution >= 4 is 5.97 Å². The summed E-state index contributed by atoms with van der Waals surface area (Å²) in [5.74, 6) is 0.220. The summed E-state index contributed by atoms with van der Waals surface area (Å²) in [6.45, 7) is 5.53. The molecule has 2 atom stereocenters. The van der Waals surface area contributed by atoms with E-state index in [9.17, 15) is 4.79 Å². The molecule has 0 aromatic heterocycles. The highest BCUT2D eigenvalue weighted by molar-refractivity contribution is 5.80. The second-order valence-electron chi connectivity index (χ2n) is 2.96. The van der Waals surface area contributed by atoms with Crippen LogP contribution in [0.4, 0.5) is 0 Å². The van der Waals surface area contributed by atoms with Crippen molar-refractivity contribution < 1.29 is 9.53 Å². The molecule has 0 bridgehead atoms. The molecule has 1 aliphatic rings. The number of carbonyl (C=O) groups excluding carboxylic acids is 1. The van der Waals surface area contributed by atoms with Gasteiger partial charge in [0.05, 0.1) is 12.5 Å². The molecular weight excluding hydrogens is 128 g/mol. The van der Waals surface area contributed by atoms with Gasteiger partial charge in [-0.05, 0) is 19.3 Å². The molecule has 2 heteroatoms. The maximum atomic E-state index is 11.0. The van der Waals surface area contributed by atoms with E-state index in [1.54, 1.807) is 0 Å². The average Bonchev–Trinajstić information content (AvgIpc) is 2.61. The van der Waals surface area contributed by atoms with Gasteiger partial charge in [-0.25, -0.2) is 0 Å². The average molecular weight is 140 g/mol. The van der Waals surface area contributed by atoms with Crippen LogP contribution in [0, 0.1) is 11.3 Å². The molecule has 0 aromatic carbocycles. The smallest absolute Gasteiger partial charge is 0.312 e. The van der Waals surface area contributed by atoms with Crippen LogP contribution in [0.25, 0.3) is 0 Å². The van der Waals surface area contributed by atoms with Crippen LogP contribution in [0.1, 0.15) is 13.3 Å². The van der Waals surface area contributed by atoms with Gasteiger partial charge in [0.15, 0.2) is 0 Å². The zero-order valence-corrected chi connectivity index (χ0v) is 6.39. The normalized spacial score (nSPS) is 36.8. The Bertz CT molecular complexity index is 174. The minimum atomic E-state index is -0.253. The van der Waals surface area contributed by atoms with Crippen molar-refractivity contribution in [2.45, 2.75) is 13.3 Å². The number of carbonyl (C=O) groups is 1. The fourth-order valence-electron chi connectivity index (χ4n) is 1.21. The lowest BCUT2D eigenvalue weighted by molar-refractivity contribution is -0.146. The van der Waals surface area contributed by atoms with Gasteiger partial charge in [-0.1, -0.05) is 6.08 Å². The fourth-order valence-corrected chi connectivity index (χ4v) is 1.21. The molecule has 1 saturated carbocycles. The molecule has 0 radical (unpaired) electrons. The Labute approximate surface area is 60.9 Å². The van der Waals surface area contributed by atoms with E-state index < -0.39 is 0 Å². The Balaban J connectivity index is 2.58. The maximum absolute atomic E-state index is 11.0. The molecular formula is C8H12O2. The van der Waals surface area contributed by atoms with Gasteiger partial charge in [0.2, 0.25) is 0 Å². The SMILES string of the molecule is C=C[C@@H]1CC1(C)C(=O)OC. The number of methoxy groups -OCH3 is 1. The summed E-state index contributed by atoms with van der Waals surface area (Å²) in [5.41, 5.74) is -0.253. The van der Waals surface area contributed by atoms with Gasteiger partial charge in [0.1, 0.15) is 0 Å². The number of ether oxygens (including phenoxy) is 1. The zero-order chi connectivity index (χ0) is 7.78. The van der Waals surface area contributed by atoms with Crippen molar-refractivity contribution in [2.24, 2.45) is 11.3 Å². The minimum absolute atomic E-state index is 0.114. The summed E-state index contributed by atoms with van der Waals surface area (Å²) >= 11 is 0. The lowest BCUT2D eigenvalue weighted by Crippen LogP contribution is -2.15. The van der Waals surface area contributed by atoms with E-state index in [0.717, 1.165) is 6.42 Å². The standard InChI is InChI=1S/C8H12O2/c1-4-6-5-8(6,2)7(9)10-3/h4,6H,1,5H2,2-3H3/t6-,8?/m1/s1.